The summed E-state index contributed by atoms with van der Waals surface area (Å²) < 4.78 is 1.68. The number of hydrogen-bond acceptors (Lipinski definition) is 7. The van der Waals surface area contributed by atoms with Crippen molar-refractivity contribution >= 4 is 22.5 Å². The van der Waals surface area contributed by atoms with E-state index >= 15 is 0 Å². The van der Waals surface area contributed by atoms with E-state index in [4.69, 9.17) is 4.98 Å². The maximum Gasteiger partial charge on any atom is 0.222 e. The van der Waals surface area contributed by atoms with Crippen molar-refractivity contribution in [2.75, 3.05) is 38.1 Å². The van der Waals surface area contributed by atoms with Crippen LogP contribution in [0.5, 0.6) is 0 Å². The Morgan fingerprint density at radius 3 is 2.70 bits per heavy atom. The van der Waals surface area contributed by atoms with Gasteiger partial charge in [0.2, 0.25) is 5.65 Å². The van der Waals surface area contributed by atoms with Gasteiger partial charge in [-0.2, -0.15) is 9.78 Å². The van der Waals surface area contributed by atoms with Crippen molar-refractivity contribution < 1.29 is 0 Å². The maximum atomic E-state index is 9.45. The van der Waals surface area contributed by atoms with Crippen LogP contribution in [-0.2, 0) is 0 Å². The fraction of sp³-hybridized carbons (Fsp3) is 0.400. The molecule has 1 saturated heterocycles. The van der Waals surface area contributed by atoms with Gasteiger partial charge in [-0.05, 0) is 42.1 Å². The van der Waals surface area contributed by atoms with Crippen molar-refractivity contribution in [3.05, 3.63) is 23.3 Å². The zero-order valence-corrected chi connectivity index (χ0v) is 13.1. The van der Waals surface area contributed by atoms with Crippen LogP contribution in [0, 0.1) is 18.3 Å². The van der Waals surface area contributed by atoms with Gasteiger partial charge in [-0.15, -0.1) is 5.10 Å². The molecule has 0 radical (unpaired) electrons. The van der Waals surface area contributed by atoms with Crippen LogP contribution in [-0.4, -0.2) is 63.2 Å². The number of fused-ring (bicyclic) bond motifs is 3. The van der Waals surface area contributed by atoms with Gasteiger partial charge in [0.05, 0.1) is 11.1 Å². The second-order valence-corrected chi connectivity index (χ2v) is 5.93. The SMILES string of the molecule is Cc1cc(C#N)c2nc(N3CCN(C)CC3)c3nnnn3c2c1. The van der Waals surface area contributed by atoms with Crippen molar-refractivity contribution in [1.82, 2.24) is 29.9 Å². The first-order valence-corrected chi connectivity index (χ1v) is 7.53. The Labute approximate surface area is 132 Å². The number of rotatable bonds is 1. The van der Waals surface area contributed by atoms with E-state index in [1.807, 2.05) is 19.1 Å². The molecule has 1 aliphatic rings. The molecule has 2 aromatic heterocycles. The highest BCUT2D eigenvalue weighted by Crippen LogP contribution is 2.26. The fourth-order valence-electron chi connectivity index (χ4n) is 3.00. The Hall–Kier alpha value is -2.79. The van der Waals surface area contributed by atoms with Gasteiger partial charge in [0, 0.05) is 26.2 Å². The molecule has 0 aliphatic carbocycles. The van der Waals surface area contributed by atoms with E-state index in [0.29, 0.717) is 16.7 Å². The molecule has 0 unspecified atom stereocenters. The van der Waals surface area contributed by atoms with E-state index in [-0.39, 0.29) is 0 Å². The van der Waals surface area contributed by atoms with Crippen molar-refractivity contribution in [2.45, 2.75) is 6.92 Å². The Morgan fingerprint density at radius 1 is 1.17 bits per heavy atom. The molecule has 0 atom stereocenters. The smallest absolute Gasteiger partial charge is 0.222 e. The molecule has 0 amide bonds. The second-order valence-electron chi connectivity index (χ2n) is 5.93. The molecule has 0 spiro atoms. The third-order valence-corrected chi connectivity index (χ3v) is 4.27. The average Bonchev–Trinajstić information content (AvgIpc) is 3.04. The van der Waals surface area contributed by atoms with E-state index in [1.54, 1.807) is 4.52 Å². The first kappa shape index (κ1) is 13.8. The molecule has 4 rings (SSSR count). The third kappa shape index (κ3) is 2.17. The molecule has 0 N–H and O–H groups in total. The number of nitriles is 1. The van der Waals surface area contributed by atoms with Gasteiger partial charge in [-0.25, -0.2) is 4.98 Å². The normalized spacial score (nSPS) is 16.1. The Morgan fingerprint density at radius 2 is 1.96 bits per heavy atom. The molecule has 23 heavy (non-hydrogen) atoms. The minimum absolute atomic E-state index is 0.549. The largest absolute Gasteiger partial charge is 0.351 e. The summed E-state index contributed by atoms with van der Waals surface area (Å²) in [4.78, 5) is 9.22. The lowest BCUT2D eigenvalue weighted by molar-refractivity contribution is 0.312. The van der Waals surface area contributed by atoms with Gasteiger partial charge < -0.3 is 9.80 Å². The first-order chi connectivity index (χ1) is 11.2. The van der Waals surface area contributed by atoms with Crippen LogP contribution < -0.4 is 4.90 Å². The monoisotopic (exact) mass is 308 g/mol. The average molecular weight is 308 g/mol. The van der Waals surface area contributed by atoms with E-state index in [9.17, 15) is 5.26 Å². The van der Waals surface area contributed by atoms with E-state index in [2.05, 4.69) is 38.4 Å². The summed E-state index contributed by atoms with van der Waals surface area (Å²) in [6, 6.07) is 6.04. The van der Waals surface area contributed by atoms with Crippen molar-refractivity contribution in [3.63, 3.8) is 0 Å². The van der Waals surface area contributed by atoms with Crippen molar-refractivity contribution in [3.8, 4) is 6.07 Å². The highest BCUT2D eigenvalue weighted by atomic mass is 15.5. The third-order valence-electron chi connectivity index (χ3n) is 4.27. The molecule has 116 valence electrons. The standard InChI is InChI=1S/C15H16N8/c1-10-7-11(9-16)13-12(8-10)23-15(18-19-20-23)14(17-13)22-5-3-21(2)4-6-22/h7-8H,3-6H2,1-2H3. The number of likely N-dealkylation sites (N-methyl/N-ethyl adjacent to an activating group) is 1. The number of anilines is 1. The molecule has 3 aromatic rings. The summed E-state index contributed by atoms with van der Waals surface area (Å²) in [5.41, 5.74) is 3.58. The molecule has 1 aromatic carbocycles. The predicted molar refractivity (Wildman–Crippen MR) is 85.2 cm³/mol. The number of tetrazole rings is 1. The van der Waals surface area contributed by atoms with E-state index < -0.39 is 0 Å². The van der Waals surface area contributed by atoms with Crippen LogP contribution in [0.4, 0.5) is 5.82 Å². The Balaban J connectivity index is 1.98. The highest BCUT2D eigenvalue weighted by Gasteiger charge is 2.22. The fourth-order valence-corrected chi connectivity index (χ4v) is 3.00. The van der Waals surface area contributed by atoms with E-state index in [1.165, 1.54) is 0 Å². The minimum atomic E-state index is 0.549. The molecular formula is C15H16N8. The summed E-state index contributed by atoms with van der Waals surface area (Å²) in [5.74, 6) is 0.746. The lowest BCUT2D eigenvalue weighted by atomic mass is 10.1. The van der Waals surface area contributed by atoms with Crippen molar-refractivity contribution in [2.24, 2.45) is 0 Å². The minimum Gasteiger partial charge on any atom is -0.351 e. The molecule has 1 aliphatic heterocycles. The second kappa shape index (κ2) is 5.14. The summed E-state index contributed by atoms with van der Waals surface area (Å²) in [5, 5.41) is 21.5. The van der Waals surface area contributed by atoms with Gasteiger partial charge in [-0.1, -0.05) is 0 Å². The molecule has 8 heteroatoms. The van der Waals surface area contributed by atoms with Gasteiger partial charge in [0.15, 0.2) is 5.82 Å². The zero-order chi connectivity index (χ0) is 16.0. The Bertz CT molecular complexity index is 930. The quantitative estimate of drug-likeness (QED) is 0.650. The predicted octanol–water partition coefficient (Wildman–Crippen LogP) is 0.604. The number of aromatic nitrogens is 5. The summed E-state index contributed by atoms with van der Waals surface area (Å²) in [6.45, 7) is 5.61. The number of benzene rings is 1. The number of hydrogen-bond donors (Lipinski definition) is 0. The lowest BCUT2D eigenvalue weighted by Gasteiger charge is -2.33. The zero-order valence-electron chi connectivity index (χ0n) is 13.1. The summed E-state index contributed by atoms with van der Waals surface area (Å²) >= 11 is 0. The molecule has 0 bridgehead atoms. The number of piperazine rings is 1. The van der Waals surface area contributed by atoms with Crippen LogP contribution in [0.3, 0.4) is 0 Å². The number of nitrogens with zero attached hydrogens (tertiary/aromatic N) is 8. The molecular weight excluding hydrogens is 292 g/mol. The lowest BCUT2D eigenvalue weighted by Crippen LogP contribution is -2.45. The molecule has 3 heterocycles. The number of aryl methyl sites for hydroxylation is 1. The van der Waals surface area contributed by atoms with Crippen LogP contribution >= 0.6 is 0 Å². The first-order valence-electron chi connectivity index (χ1n) is 7.53. The van der Waals surface area contributed by atoms with Gasteiger partial charge in [0.25, 0.3) is 0 Å². The molecule has 8 nitrogen and oxygen atoms in total. The van der Waals surface area contributed by atoms with Crippen molar-refractivity contribution in [1.29, 1.82) is 5.26 Å². The molecule has 1 fully saturated rings. The maximum absolute atomic E-state index is 9.45. The molecule has 0 saturated carbocycles. The van der Waals surface area contributed by atoms with Crippen LogP contribution in [0.15, 0.2) is 12.1 Å². The van der Waals surface area contributed by atoms with Crippen LogP contribution in [0.2, 0.25) is 0 Å². The van der Waals surface area contributed by atoms with Gasteiger partial charge >= 0.3 is 0 Å². The Kier molecular flexibility index (Phi) is 3.09. The highest BCUT2D eigenvalue weighted by molar-refractivity contribution is 5.87. The van der Waals surface area contributed by atoms with Crippen LogP contribution in [0.1, 0.15) is 11.1 Å². The summed E-state index contributed by atoms with van der Waals surface area (Å²) in [6.07, 6.45) is 0. The van der Waals surface area contributed by atoms with Gasteiger partial charge in [0.1, 0.15) is 11.6 Å². The topological polar surface area (TPSA) is 86.2 Å². The summed E-state index contributed by atoms with van der Waals surface area (Å²) in [7, 11) is 2.11. The van der Waals surface area contributed by atoms with Crippen LogP contribution in [0.25, 0.3) is 16.7 Å². The van der Waals surface area contributed by atoms with E-state index in [0.717, 1.165) is 43.1 Å². The van der Waals surface area contributed by atoms with Gasteiger partial charge in [-0.3, -0.25) is 0 Å².